The molecule has 0 spiro atoms. The van der Waals surface area contributed by atoms with E-state index in [1.54, 1.807) is 37.4 Å². The molecule has 7 heteroatoms. The van der Waals surface area contributed by atoms with E-state index in [9.17, 15) is 14.0 Å². The van der Waals surface area contributed by atoms with Gasteiger partial charge in [0.05, 0.1) is 10.6 Å². The molecule has 0 radical (unpaired) electrons. The lowest BCUT2D eigenvalue weighted by molar-refractivity contribution is -0.130. The molecule has 0 aromatic heterocycles. The van der Waals surface area contributed by atoms with Crippen LogP contribution in [0.3, 0.4) is 0 Å². The number of carbonyl (C=O) groups is 2. The molecule has 2 aromatic rings. The van der Waals surface area contributed by atoms with Gasteiger partial charge in [-0.3, -0.25) is 9.59 Å². The summed E-state index contributed by atoms with van der Waals surface area (Å²) in [6.45, 7) is 0.209. The highest BCUT2D eigenvalue weighted by Crippen LogP contribution is 2.20. The number of nitrogens with one attached hydrogen (secondary N) is 1. The van der Waals surface area contributed by atoms with Crippen molar-refractivity contribution in [2.75, 3.05) is 13.6 Å². The van der Waals surface area contributed by atoms with Crippen molar-refractivity contribution in [3.8, 4) is 0 Å². The fourth-order valence-electron chi connectivity index (χ4n) is 2.22. The Labute approximate surface area is 155 Å². The van der Waals surface area contributed by atoms with Crippen LogP contribution in [0.4, 0.5) is 4.39 Å². The summed E-state index contributed by atoms with van der Waals surface area (Å²) in [5.74, 6) is -1.05. The topological polar surface area (TPSA) is 49.4 Å². The highest BCUT2D eigenvalue weighted by Gasteiger charge is 2.15. The Morgan fingerprint density at radius 2 is 1.76 bits per heavy atom. The molecule has 0 atom stereocenters. The van der Waals surface area contributed by atoms with Gasteiger partial charge < -0.3 is 10.2 Å². The predicted octanol–water partition coefficient (Wildman–Crippen LogP) is 3.91. The third-order valence-electron chi connectivity index (χ3n) is 3.63. The smallest absolute Gasteiger partial charge is 0.252 e. The van der Waals surface area contributed by atoms with Gasteiger partial charge in [0.2, 0.25) is 5.91 Å². The van der Waals surface area contributed by atoms with Crippen molar-refractivity contribution < 1.29 is 14.0 Å². The molecule has 2 rings (SSSR count). The predicted molar refractivity (Wildman–Crippen MR) is 96.3 cm³/mol. The highest BCUT2D eigenvalue weighted by atomic mass is 35.5. The molecule has 0 saturated carbocycles. The number of rotatable bonds is 6. The monoisotopic (exact) mass is 382 g/mol. The number of nitrogens with zero attached hydrogens (tertiary/aromatic N) is 1. The van der Waals surface area contributed by atoms with Crippen molar-refractivity contribution in [1.82, 2.24) is 10.2 Å². The second-order valence-electron chi connectivity index (χ2n) is 5.44. The minimum absolute atomic E-state index is 0.0583. The van der Waals surface area contributed by atoms with E-state index in [-0.39, 0.29) is 41.9 Å². The quantitative estimate of drug-likeness (QED) is 0.822. The van der Waals surface area contributed by atoms with Gasteiger partial charge in [-0.2, -0.15) is 0 Å². The lowest BCUT2D eigenvalue weighted by Gasteiger charge is -2.18. The van der Waals surface area contributed by atoms with Gasteiger partial charge in [-0.05, 0) is 24.3 Å². The second kappa shape index (κ2) is 8.83. The molecular formula is C18H17Cl2FN2O2. The zero-order chi connectivity index (χ0) is 18.4. The summed E-state index contributed by atoms with van der Waals surface area (Å²) >= 11 is 11.9. The molecule has 2 amide bonds. The Morgan fingerprint density at radius 1 is 1.08 bits per heavy atom. The zero-order valence-electron chi connectivity index (χ0n) is 13.6. The van der Waals surface area contributed by atoms with E-state index in [0.29, 0.717) is 10.6 Å². The van der Waals surface area contributed by atoms with Gasteiger partial charge in [-0.1, -0.05) is 41.4 Å². The molecule has 1 N–H and O–H groups in total. The van der Waals surface area contributed by atoms with Gasteiger partial charge in [0, 0.05) is 37.1 Å². The summed E-state index contributed by atoms with van der Waals surface area (Å²) in [6, 6.07) is 11.0. The maximum Gasteiger partial charge on any atom is 0.252 e. The summed E-state index contributed by atoms with van der Waals surface area (Å²) in [7, 11) is 1.56. The molecule has 4 nitrogen and oxygen atoms in total. The summed E-state index contributed by atoms with van der Waals surface area (Å²) in [4.78, 5) is 25.5. The molecule has 0 saturated heterocycles. The number of halogens is 3. The minimum atomic E-state index is -0.459. The van der Waals surface area contributed by atoms with E-state index in [2.05, 4.69) is 5.32 Å². The van der Waals surface area contributed by atoms with Gasteiger partial charge in [0.15, 0.2) is 0 Å². The maximum atomic E-state index is 13.8. The first-order valence-corrected chi connectivity index (χ1v) is 8.35. The average molecular weight is 383 g/mol. The molecule has 0 aliphatic carbocycles. The van der Waals surface area contributed by atoms with Crippen molar-refractivity contribution in [3.05, 3.63) is 69.5 Å². The van der Waals surface area contributed by atoms with Gasteiger partial charge in [-0.25, -0.2) is 4.39 Å². The Balaban J connectivity index is 1.86. The number of amides is 2. The van der Waals surface area contributed by atoms with Crippen molar-refractivity contribution in [1.29, 1.82) is 0 Å². The molecule has 0 fully saturated rings. The van der Waals surface area contributed by atoms with E-state index in [0.717, 1.165) is 0 Å². The van der Waals surface area contributed by atoms with Gasteiger partial charge in [-0.15, -0.1) is 0 Å². The number of carbonyl (C=O) groups excluding carboxylic acids is 2. The Morgan fingerprint density at radius 3 is 2.44 bits per heavy atom. The fraction of sp³-hybridized carbons (Fsp3) is 0.222. The molecule has 0 aliphatic rings. The minimum Gasteiger partial charge on any atom is -0.351 e. The van der Waals surface area contributed by atoms with Crippen molar-refractivity contribution in [2.45, 2.75) is 13.0 Å². The first kappa shape index (κ1) is 19.2. The van der Waals surface area contributed by atoms with Crippen LogP contribution in [0.15, 0.2) is 42.5 Å². The molecule has 0 heterocycles. The summed E-state index contributed by atoms with van der Waals surface area (Å²) in [6.07, 6.45) is 0.0821. The number of hydrogen-bond acceptors (Lipinski definition) is 2. The third kappa shape index (κ3) is 5.18. The zero-order valence-corrected chi connectivity index (χ0v) is 15.1. The normalized spacial score (nSPS) is 10.4. The number of hydrogen-bond donors (Lipinski definition) is 1. The Hall–Kier alpha value is -2.11. The highest BCUT2D eigenvalue weighted by molar-refractivity contribution is 6.33. The van der Waals surface area contributed by atoms with E-state index in [4.69, 9.17) is 23.2 Å². The summed E-state index contributed by atoms with van der Waals surface area (Å²) in [5.41, 5.74) is 0.614. The summed E-state index contributed by atoms with van der Waals surface area (Å²) in [5, 5.41) is 3.26. The Bertz CT molecular complexity index is 763. The molecule has 25 heavy (non-hydrogen) atoms. The SMILES string of the molecule is CN(Cc1c(F)cccc1Cl)C(=O)CCNC(=O)c1ccccc1Cl. The van der Waals surface area contributed by atoms with Gasteiger partial charge >= 0.3 is 0 Å². The molecular weight excluding hydrogens is 366 g/mol. The van der Waals surface area contributed by atoms with Crippen LogP contribution >= 0.6 is 23.2 Å². The van der Waals surface area contributed by atoms with E-state index < -0.39 is 5.82 Å². The lowest BCUT2D eigenvalue weighted by Crippen LogP contribution is -2.32. The molecule has 132 valence electrons. The van der Waals surface area contributed by atoms with Crippen molar-refractivity contribution in [3.63, 3.8) is 0 Å². The van der Waals surface area contributed by atoms with Crippen molar-refractivity contribution in [2.24, 2.45) is 0 Å². The molecule has 0 bridgehead atoms. The van der Waals surface area contributed by atoms with Crippen LogP contribution in [-0.2, 0) is 11.3 Å². The fourth-order valence-corrected chi connectivity index (χ4v) is 2.67. The van der Waals surface area contributed by atoms with Crippen LogP contribution in [0.1, 0.15) is 22.3 Å². The van der Waals surface area contributed by atoms with Crippen LogP contribution in [0.25, 0.3) is 0 Å². The largest absolute Gasteiger partial charge is 0.351 e. The van der Waals surface area contributed by atoms with E-state index in [1.807, 2.05) is 0 Å². The lowest BCUT2D eigenvalue weighted by atomic mass is 10.2. The van der Waals surface area contributed by atoms with Crippen LogP contribution in [0.5, 0.6) is 0 Å². The van der Waals surface area contributed by atoms with Crippen LogP contribution in [0.2, 0.25) is 10.0 Å². The van der Waals surface area contributed by atoms with Gasteiger partial charge in [0.25, 0.3) is 5.91 Å². The van der Waals surface area contributed by atoms with E-state index >= 15 is 0 Å². The average Bonchev–Trinajstić information content (AvgIpc) is 2.58. The summed E-state index contributed by atoms with van der Waals surface area (Å²) < 4.78 is 13.8. The first-order valence-electron chi connectivity index (χ1n) is 7.59. The van der Waals surface area contributed by atoms with Crippen LogP contribution in [-0.4, -0.2) is 30.3 Å². The van der Waals surface area contributed by atoms with E-state index in [1.165, 1.54) is 17.0 Å². The Kier molecular flexibility index (Phi) is 6.79. The first-order chi connectivity index (χ1) is 11.9. The standard InChI is InChI=1S/C18H17Cl2FN2O2/c1-23(11-13-15(20)7-4-8-16(13)21)17(24)9-10-22-18(25)12-5-2-3-6-14(12)19/h2-8H,9-11H2,1H3,(H,22,25). The van der Waals surface area contributed by atoms with Crippen molar-refractivity contribution >= 4 is 35.0 Å². The second-order valence-corrected chi connectivity index (χ2v) is 6.25. The van der Waals surface area contributed by atoms with Crippen LogP contribution in [0, 0.1) is 5.82 Å². The molecule has 0 aliphatic heterocycles. The van der Waals surface area contributed by atoms with Gasteiger partial charge in [0.1, 0.15) is 5.82 Å². The van der Waals surface area contributed by atoms with Crippen LogP contribution < -0.4 is 5.32 Å². The maximum absolute atomic E-state index is 13.8. The molecule has 0 unspecified atom stereocenters. The number of benzene rings is 2. The molecule has 2 aromatic carbocycles. The third-order valence-corrected chi connectivity index (χ3v) is 4.31.